The lowest BCUT2D eigenvalue weighted by Crippen LogP contribution is -2.31. The average molecular weight is 378 g/mol. The van der Waals surface area contributed by atoms with E-state index in [-0.39, 0.29) is 11.9 Å². The van der Waals surface area contributed by atoms with Crippen LogP contribution in [0.2, 0.25) is 0 Å². The Morgan fingerprint density at radius 1 is 1.18 bits per heavy atom. The van der Waals surface area contributed by atoms with Gasteiger partial charge in [-0.2, -0.15) is 5.10 Å². The lowest BCUT2D eigenvalue weighted by Gasteiger charge is -2.25. The van der Waals surface area contributed by atoms with Crippen LogP contribution in [0.1, 0.15) is 34.9 Å². The number of pyridine rings is 1. The molecule has 1 amide bonds. The van der Waals surface area contributed by atoms with Crippen molar-refractivity contribution in [3.8, 4) is 22.6 Å². The largest absolute Gasteiger partial charge is 0.497 e. The summed E-state index contributed by atoms with van der Waals surface area (Å²) in [6.07, 6.45) is 7.11. The summed E-state index contributed by atoms with van der Waals surface area (Å²) in [5.74, 6) is 1.09. The number of rotatable bonds is 5. The van der Waals surface area contributed by atoms with Gasteiger partial charge in [-0.25, -0.2) is 0 Å². The SMILES string of the molecule is COc1ccc(OC)c(C(=O)N2CCCC2c2[nH]ncc2-c2ccncc2)c1. The molecule has 1 unspecified atom stereocenters. The average Bonchev–Trinajstić information content (AvgIpc) is 3.42. The van der Waals surface area contributed by atoms with Crippen molar-refractivity contribution in [1.29, 1.82) is 0 Å². The first-order chi connectivity index (χ1) is 13.7. The van der Waals surface area contributed by atoms with Crippen LogP contribution in [0.5, 0.6) is 11.5 Å². The van der Waals surface area contributed by atoms with Crippen molar-refractivity contribution in [1.82, 2.24) is 20.1 Å². The van der Waals surface area contributed by atoms with Gasteiger partial charge in [0.05, 0.1) is 37.7 Å². The molecule has 0 saturated carbocycles. The number of amides is 1. The summed E-state index contributed by atoms with van der Waals surface area (Å²) in [7, 11) is 3.15. The first-order valence-electron chi connectivity index (χ1n) is 9.19. The van der Waals surface area contributed by atoms with Crippen molar-refractivity contribution in [2.24, 2.45) is 0 Å². The lowest BCUT2D eigenvalue weighted by molar-refractivity contribution is 0.0729. The highest BCUT2D eigenvalue weighted by Gasteiger charge is 2.34. The molecule has 1 aliphatic rings. The molecule has 1 aromatic carbocycles. The number of carbonyl (C=O) groups excluding carboxylic acids is 1. The van der Waals surface area contributed by atoms with Gasteiger partial charge in [0.1, 0.15) is 11.5 Å². The maximum atomic E-state index is 13.4. The normalized spacial score (nSPS) is 16.2. The Kier molecular flexibility index (Phi) is 4.97. The number of hydrogen-bond donors (Lipinski definition) is 1. The zero-order valence-corrected chi connectivity index (χ0v) is 15.9. The molecule has 1 fully saturated rings. The third-order valence-corrected chi connectivity index (χ3v) is 5.14. The molecule has 0 aliphatic carbocycles. The summed E-state index contributed by atoms with van der Waals surface area (Å²) in [6.45, 7) is 0.679. The van der Waals surface area contributed by atoms with Crippen LogP contribution in [0, 0.1) is 0 Å². The fraction of sp³-hybridized carbons (Fsp3) is 0.286. The summed E-state index contributed by atoms with van der Waals surface area (Å²) in [5.41, 5.74) is 3.46. The molecule has 1 aliphatic heterocycles. The third-order valence-electron chi connectivity index (χ3n) is 5.14. The molecule has 3 heterocycles. The van der Waals surface area contributed by atoms with Crippen molar-refractivity contribution in [3.63, 3.8) is 0 Å². The number of aromatic amines is 1. The van der Waals surface area contributed by atoms with E-state index in [2.05, 4.69) is 15.2 Å². The van der Waals surface area contributed by atoms with E-state index >= 15 is 0 Å². The van der Waals surface area contributed by atoms with E-state index in [1.54, 1.807) is 51.0 Å². The molecule has 0 bridgehead atoms. The van der Waals surface area contributed by atoms with Crippen molar-refractivity contribution in [2.45, 2.75) is 18.9 Å². The summed E-state index contributed by atoms with van der Waals surface area (Å²) >= 11 is 0. The van der Waals surface area contributed by atoms with E-state index in [4.69, 9.17) is 9.47 Å². The minimum Gasteiger partial charge on any atom is -0.497 e. The lowest BCUT2D eigenvalue weighted by atomic mass is 10.0. The Bertz CT molecular complexity index is 971. The second kappa shape index (κ2) is 7.72. The quantitative estimate of drug-likeness (QED) is 0.735. The van der Waals surface area contributed by atoms with E-state index in [1.165, 1.54) is 0 Å². The zero-order valence-electron chi connectivity index (χ0n) is 15.9. The molecular weight excluding hydrogens is 356 g/mol. The standard InChI is InChI=1S/C21H22N4O3/c1-27-15-5-6-19(28-2)16(12-15)21(26)25-11-3-4-18(25)20-17(13-23-24-20)14-7-9-22-10-8-14/h5-10,12-13,18H,3-4,11H2,1-2H3,(H,23,24). The topological polar surface area (TPSA) is 80.3 Å². The van der Waals surface area contributed by atoms with Crippen LogP contribution >= 0.6 is 0 Å². The maximum Gasteiger partial charge on any atom is 0.258 e. The Morgan fingerprint density at radius 3 is 2.75 bits per heavy atom. The number of ether oxygens (including phenoxy) is 2. The first kappa shape index (κ1) is 18.0. The van der Waals surface area contributed by atoms with Crippen LogP contribution in [-0.4, -0.2) is 46.8 Å². The molecule has 3 aromatic rings. The van der Waals surface area contributed by atoms with E-state index in [9.17, 15) is 4.79 Å². The maximum absolute atomic E-state index is 13.4. The molecule has 144 valence electrons. The highest BCUT2D eigenvalue weighted by atomic mass is 16.5. The minimum atomic E-state index is -0.0754. The number of likely N-dealkylation sites (tertiary alicyclic amines) is 1. The zero-order chi connectivity index (χ0) is 19.5. The van der Waals surface area contributed by atoms with Gasteiger partial charge in [0, 0.05) is 24.5 Å². The Morgan fingerprint density at radius 2 is 2.00 bits per heavy atom. The molecule has 7 heteroatoms. The van der Waals surface area contributed by atoms with Crippen molar-refractivity contribution in [3.05, 3.63) is 60.2 Å². The molecular formula is C21H22N4O3. The number of hydrogen-bond acceptors (Lipinski definition) is 5. The minimum absolute atomic E-state index is 0.0749. The van der Waals surface area contributed by atoms with Crippen molar-refractivity contribution in [2.75, 3.05) is 20.8 Å². The van der Waals surface area contributed by atoms with Gasteiger partial charge in [-0.1, -0.05) is 0 Å². The number of nitrogens with zero attached hydrogens (tertiary/aromatic N) is 3. The molecule has 1 saturated heterocycles. The van der Waals surface area contributed by atoms with Gasteiger partial charge in [0.2, 0.25) is 0 Å². The number of H-pyrrole nitrogens is 1. The van der Waals surface area contributed by atoms with Crippen molar-refractivity contribution < 1.29 is 14.3 Å². The van der Waals surface area contributed by atoms with E-state index < -0.39 is 0 Å². The van der Waals surface area contributed by atoms with Gasteiger partial charge < -0.3 is 14.4 Å². The molecule has 28 heavy (non-hydrogen) atoms. The Labute approximate surface area is 163 Å². The molecule has 0 spiro atoms. The van der Waals surface area contributed by atoms with Gasteiger partial charge in [-0.3, -0.25) is 14.9 Å². The van der Waals surface area contributed by atoms with Crippen LogP contribution in [-0.2, 0) is 0 Å². The van der Waals surface area contributed by atoms with E-state index in [0.717, 1.165) is 29.7 Å². The number of nitrogens with one attached hydrogen (secondary N) is 1. The summed E-state index contributed by atoms with van der Waals surface area (Å²) in [4.78, 5) is 19.4. The number of methoxy groups -OCH3 is 2. The predicted octanol–water partition coefficient (Wildman–Crippen LogP) is 3.47. The Balaban J connectivity index is 1.69. The fourth-order valence-electron chi connectivity index (χ4n) is 3.76. The molecule has 2 aromatic heterocycles. The first-order valence-corrected chi connectivity index (χ1v) is 9.19. The molecule has 7 nitrogen and oxygen atoms in total. The van der Waals surface area contributed by atoms with E-state index in [1.807, 2.05) is 17.0 Å². The summed E-state index contributed by atoms with van der Waals surface area (Å²) < 4.78 is 10.7. The van der Waals surface area contributed by atoms with Gasteiger partial charge in [0.15, 0.2) is 0 Å². The number of aromatic nitrogens is 3. The monoisotopic (exact) mass is 378 g/mol. The van der Waals surface area contributed by atoms with Crippen LogP contribution in [0.3, 0.4) is 0 Å². The fourth-order valence-corrected chi connectivity index (χ4v) is 3.76. The predicted molar refractivity (Wildman–Crippen MR) is 104 cm³/mol. The highest BCUT2D eigenvalue weighted by molar-refractivity contribution is 5.98. The van der Waals surface area contributed by atoms with Crippen LogP contribution in [0.25, 0.3) is 11.1 Å². The van der Waals surface area contributed by atoms with Crippen LogP contribution < -0.4 is 9.47 Å². The van der Waals surface area contributed by atoms with Crippen molar-refractivity contribution >= 4 is 5.91 Å². The van der Waals surface area contributed by atoms with Gasteiger partial charge in [-0.15, -0.1) is 0 Å². The van der Waals surface area contributed by atoms with Crippen LogP contribution in [0.4, 0.5) is 0 Å². The number of carbonyl (C=O) groups is 1. The molecule has 1 atom stereocenters. The van der Waals surface area contributed by atoms with Gasteiger partial charge in [0.25, 0.3) is 5.91 Å². The van der Waals surface area contributed by atoms with Crippen LogP contribution in [0.15, 0.2) is 48.9 Å². The summed E-state index contributed by atoms with van der Waals surface area (Å²) in [5, 5.41) is 7.36. The number of benzene rings is 1. The molecule has 1 N–H and O–H groups in total. The second-order valence-corrected chi connectivity index (χ2v) is 6.66. The van der Waals surface area contributed by atoms with E-state index in [0.29, 0.717) is 23.6 Å². The van der Waals surface area contributed by atoms with Gasteiger partial charge >= 0.3 is 0 Å². The smallest absolute Gasteiger partial charge is 0.258 e. The molecule has 4 rings (SSSR count). The third kappa shape index (κ3) is 3.19. The second-order valence-electron chi connectivity index (χ2n) is 6.66. The highest BCUT2D eigenvalue weighted by Crippen LogP contribution is 2.38. The Hall–Kier alpha value is -3.35. The molecule has 0 radical (unpaired) electrons. The summed E-state index contributed by atoms with van der Waals surface area (Å²) in [6, 6.07) is 9.09. The van der Waals surface area contributed by atoms with Gasteiger partial charge in [-0.05, 0) is 48.7 Å².